The van der Waals surface area contributed by atoms with E-state index in [4.69, 9.17) is 0 Å². The van der Waals surface area contributed by atoms with Crippen molar-refractivity contribution in [2.45, 2.75) is 18.5 Å². The van der Waals surface area contributed by atoms with Gasteiger partial charge in [0.25, 0.3) is 0 Å². The number of anilines is 1. The van der Waals surface area contributed by atoms with Gasteiger partial charge < -0.3 is 5.32 Å². The number of nitrogens with zero attached hydrogens (tertiary/aromatic N) is 3. The van der Waals surface area contributed by atoms with Crippen LogP contribution in [0.4, 0.5) is 5.82 Å². The van der Waals surface area contributed by atoms with Gasteiger partial charge in [0, 0.05) is 25.0 Å². The van der Waals surface area contributed by atoms with Crippen LogP contribution in [0.5, 0.6) is 0 Å². The monoisotopic (exact) mass is 254 g/mol. The largest absolute Gasteiger partial charge is 0.364 e. The van der Waals surface area contributed by atoms with Crippen LogP contribution in [0.2, 0.25) is 0 Å². The molecule has 2 unspecified atom stereocenters. The zero-order valence-corrected chi connectivity index (χ0v) is 11.0. The number of hydrogen-bond donors (Lipinski definition) is 1. The molecular weight excluding hydrogens is 236 g/mol. The van der Waals surface area contributed by atoms with Crippen molar-refractivity contribution in [3.8, 4) is 0 Å². The highest BCUT2D eigenvalue weighted by Gasteiger charge is 2.32. The smallest absolute Gasteiger partial charge is 0.144 e. The summed E-state index contributed by atoms with van der Waals surface area (Å²) in [6, 6.07) is 11.4. The minimum atomic E-state index is 0.379. The Balaban J connectivity index is 1.81. The van der Waals surface area contributed by atoms with Gasteiger partial charge in [0.05, 0.1) is 12.2 Å². The first-order chi connectivity index (χ1) is 9.34. The first-order valence-corrected chi connectivity index (χ1v) is 6.62. The molecule has 0 amide bonds. The Labute approximate surface area is 113 Å². The summed E-state index contributed by atoms with van der Waals surface area (Å²) in [5.41, 5.74) is 1.35. The maximum atomic E-state index is 4.30. The molecule has 98 valence electrons. The molecule has 1 aromatic heterocycles. The Bertz CT molecular complexity index is 514. The van der Waals surface area contributed by atoms with E-state index in [0.717, 1.165) is 18.8 Å². The number of hydrogen-bond acceptors (Lipinski definition) is 4. The van der Waals surface area contributed by atoms with Gasteiger partial charge in [-0.1, -0.05) is 30.3 Å². The summed E-state index contributed by atoms with van der Waals surface area (Å²) in [7, 11) is 2.18. The normalized spacial score (nSPS) is 23.4. The van der Waals surface area contributed by atoms with Gasteiger partial charge in [-0.05, 0) is 19.0 Å². The van der Waals surface area contributed by atoms with Gasteiger partial charge in [0.2, 0.25) is 0 Å². The SMILES string of the molecule is CN1CCC(Nc2cnccn2)C1c1ccccc1. The first kappa shape index (κ1) is 12.1. The molecular formula is C15H18N4. The van der Waals surface area contributed by atoms with Crippen LogP contribution in [0, 0.1) is 0 Å². The van der Waals surface area contributed by atoms with E-state index in [9.17, 15) is 0 Å². The summed E-state index contributed by atoms with van der Waals surface area (Å²) >= 11 is 0. The highest BCUT2D eigenvalue weighted by atomic mass is 15.2. The van der Waals surface area contributed by atoms with E-state index in [2.05, 4.69) is 57.6 Å². The van der Waals surface area contributed by atoms with E-state index in [0.29, 0.717) is 12.1 Å². The Hall–Kier alpha value is -1.94. The Morgan fingerprint density at radius 2 is 2.05 bits per heavy atom. The minimum Gasteiger partial charge on any atom is -0.364 e. The lowest BCUT2D eigenvalue weighted by Gasteiger charge is -2.26. The summed E-state index contributed by atoms with van der Waals surface area (Å²) in [5, 5.41) is 3.50. The predicted octanol–water partition coefficient (Wildman–Crippen LogP) is 2.33. The zero-order valence-electron chi connectivity index (χ0n) is 11.0. The molecule has 0 aliphatic carbocycles. The third-order valence-corrected chi connectivity index (χ3v) is 3.69. The third kappa shape index (κ3) is 2.58. The lowest BCUT2D eigenvalue weighted by Crippen LogP contribution is -2.29. The van der Waals surface area contributed by atoms with Crippen molar-refractivity contribution in [1.29, 1.82) is 0 Å². The Morgan fingerprint density at radius 3 is 2.79 bits per heavy atom. The van der Waals surface area contributed by atoms with Crippen LogP contribution in [0.25, 0.3) is 0 Å². The molecule has 0 spiro atoms. The van der Waals surface area contributed by atoms with Crippen molar-refractivity contribution in [2.75, 3.05) is 18.9 Å². The third-order valence-electron chi connectivity index (χ3n) is 3.69. The number of aromatic nitrogens is 2. The molecule has 1 saturated heterocycles. The van der Waals surface area contributed by atoms with Crippen molar-refractivity contribution in [3.05, 3.63) is 54.5 Å². The fraction of sp³-hybridized carbons (Fsp3) is 0.333. The number of likely N-dealkylation sites (tertiary alicyclic amines) is 1. The number of rotatable bonds is 3. The van der Waals surface area contributed by atoms with Crippen molar-refractivity contribution < 1.29 is 0 Å². The molecule has 2 aromatic rings. The average molecular weight is 254 g/mol. The van der Waals surface area contributed by atoms with Crippen molar-refractivity contribution in [3.63, 3.8) is 0 Å². The van der Waals surface area contributed by atoms with Gasteiger partial charge >= 0.3 is 0 Å². The molecule has 2 heterocycles. The van der Waals surface area contributed by atoms with Gasteiger partial charge in [-0.25, -0.2) is 4.98 Å². The summed E-state index contributed by atoms with van der Waals surface area (Å²) in [5.74, 6) is 0.851. The van der Waals surface area contributed by atoms with E-state index >= 15 is 0 Å². The highest BCUT2D eigenvalue weighted by molar-refractivity contribution is 5.35. The maximum Gasteiger partial charge on any atom is 0.144 e. The van der Waals surface area contributed by atoms with E-state index in [1.165, 1.54) is 5.56 Å². The van der Waals surface area contributed by atoms with Crippen LogP contribution in [0.3, 0.4) is 0 Å². The highest BCUT2D eigenvalue weighted by Crippen LogP contribution is 2.32. The van der Waals surface area contributed by atoms with Crippen LogP contribution in [0.1, 0.15) is 18.0 Å². The van der Waals surface area contributed by atoms with Crippen LogP contribution in [0.15, 0.2) is 48.9 Å². The van der Waals surface area contributed by atoms with Crippen LogP contribution >= 0.6 is 0 Å². The van der Waals surface area contributed by atoms with Crippen molar-refractivity contribution in [1.82, 2.24) is 14.9 Å². The Morgan fingerprint density at radius 1 is 1.21 bits per heavy atom. The second kappa shape index (κ2) is 5.36. The summed E-state index contributed by atoms with van der Waals surface area (Å²) in [4.78, 5) is 10.8. The molecule has 4 heteroatoms. The fourth-order valence-corrected chi connectivity index (χ4v) is 2.80. The van der Waals surface area contributed by atoms with E-state index in [1.54, 1.807) is 18.6 Å². The van der Waals surface area contributed by atoms with Gasteiger partial charge in [-0.3, -0.25) is 9.88 Å². The average Bonchev–Trinajstić information content (AvgIpc) is 2.82. The second-order valence-electron chi connectivity index (χ2n) is 4.97. The van der Waals surface area contributed by atoms with Crippen LogP contribution < -0.4 is 5.32 Å². The molecule has 2 atom stereocenters. The van der Waals surface area contributed by atoms with Crippen molar-refractivity contribution >= 4 is 5.82 Å². The number of likely N-dealkylation sites (N-methyl/N-ethyl adjacent to an activating group) is 1. The van der Waals surface area contributed by atoms with Crippen molar-refractivity contribution in [2.24, 2.45) is 0 Å². The molecule has 1 N–H and O–H groups in total. The molecule has 19 heavy (non-hydrogen) atoms. The second-order valence-corrected chi connectivity index (χ2v) is 4.97. The van der Waals surface area contributed by atoms with Gasteiger partial charge in [0.1, 0.15) is 5.82 Å². The van der Waals surface area contributed by atoms with E-state index in [1.807, 2.05) is 0 Å². The molecule has 1 aromatic carbocycles. The molecule has 1 aliphatic rings. The quantitative estimate of drug-likeness (QED) is 0.912. The van der Waals surface area contributed by atoms with Crippen LogP contribution in [-0.4, -0.2) is 34.5 Å². The van der Waals surface area contributed by atoms with Gasteiger partial charge in [-0.2, -0.15) is 0 Å². The molecule has 1 aliphatic heterocycles. The van der Waals surface area contributed by atoms with E-state index in [-0.39, 0.29) is 0 Å². The lowest BCUT2D eigenvalue weighted by atomic mass is 10.0. The first-order valence-electron chi connectivity index (χ1n) is 6.62. The zero-order chi connectivity index (χ0) is 13.1. The number of nitrogens with one attached hydrogen (secondary N) is 1. The fourth-order valence-electron chi connectivity index (χ4n) is 2.80. The molecule has 3 rings (SSSR count). The Kier molecular flexibility index (Phi) is 3.42. The summed E-state index contributed by atoms with van der Waals surface area (Å²) in [6.07, 6.45) is 6.31. The predicted molar refractivity (Wildman–Crippen MR) is 75.9 cm³/mol. The lowest BCUT2D eigenvalue weighted by molar-refractivity contribution is 0.309. The topological polar surface area (TPSA) is 41.0 Å². The molecule has 4 nitrogen and oxygen atoms in total. The molecule has 1 fully saturated rings. The maximum absolute atomic E-state index is 4.30. The standard InChI is InChI=1S/C15H18N4/c1-19-10-7-13(18-14-11-16-8-9-17-14)15(19)12-5-3-2-4-6-12/h2-6,8-9,11,13,15H,7,10H2,1H3,(H,17,18). The van der Waals surface area contributed by atoms with Crippen LogP contribution in [-0.2, 0) is 0 Å². The molecule has 0 radical (unpaired) electrons. The number of benzene rings is 1. The summed E-state index contributed by atoms with van der Waals surface area (Å²) in [6.45, 7) is 1.09. The van der Waals surface area contributed by atoms with E-state index < -0.39 is 0 Å². The van der Waals surface area contributed by atoms with Gasteiger partial charge in [0.15, 0.2) is 0 Å². The summed E-state index contributed by atoms with van der Waals surface area (Å²) < 4.78 is 0. The van der Waals surface area contributed by atoms with Gasteiger partial charge in [-0.15, -0.1) is 0 Å². The minimum absolute atomic E-state index is 0.379. The molecule has 0 bridgehead atoms. The molecule has 0 saturated carbocycles.